The molecule has 2 N–H and O–H groups in total. The number of carbonyl (C=O) groups excluding carboxylic acids is 3. The maximum absolute atomic E-state index is 12.6. The van der Waals surface area contributed by atoms with E-state index in [-0.39, 0.29) is 5.91 Å². The molecule has 1 saturated heterocycles. The van der Waals surface area contributed by atoms with E-state index in [1.54, 1.807) is 50.2 Å². The number of carbonyl (C=O) groups is 3. The van der Waals surface area contributed by atoms with Crippen LogP contribution in [0.4, 0.5) is 10.5 Å². The van der Waals surface area contributed by atoms with Gasteiger partial charge in [0, 0.05) is 24.3 Å². The van der Waals surface area contributed by atoms with Gasteiger partial charge in [0.25, 0.3) is 5.91 Å². The number of halogens is 1. The van der Waals surface area contributed by atoms with E-state index in [9.17, 15) is 14.4 Å². The van der Waals surface area contributed by atoms with Crippen LogP contribution in [0.5, 0.6) is 5.06 Å². The minimum Gasteiger partial charge on any atom is -0.399 e. The Labute approximate surface area is 181 Å². The largest absolute Gasteiger partial charge is 0.414 e. The summed E-state index contributed by atoms with van der Waals surface area (Å²) >= 11 is 4.56. The number of nitrogens with one attached hydrogen (secondary N) is 2. The first-order chi connectivity index (χ1) is 13.7. The molecule has 1 aromatic heterocycles. The third-order valence-corrected chi connectivity index (χ3v) is 6.01. The molecule has 1 fully saturated rings. The molecule has 3 amide bonds. The highest BCUT2D eigenvalue weighted by atomic mass is 79.9. The van der Waals surface area contributed by atoms with Gasteiger partial charge < -0.3 is 20.3 Å². The quantitative estimate of drug-likeness (QED) is 0.670. The van der Waals surface area contributed by atoms with Crippen LogP contribution in [-0.2, 0) is 4.79 Å². The summed E-state index contributed by atoms with van der Waals surface area (Å²) in [7, 11) is 0. The van der Waals surface area contributed by atoms with E-state index in [0.29, 0.717) is 16.3 Å². The topological polar surface area (TPSA) is 87.7 Å². The van der Waals surface area contributed by atoms with Crippen molar-refractivity contribution in [2.24, 2.45) is 0 Å². The van der Waals surface area contributed by atoms with Gasteiger partial charge in [-0.05, 0) is 79.0 Å². The van der Waals surface area contributed by atoms with Gasteiger partial charge in [0.05, 0.1) is 3.79 Å². The van der Waals surface area contributed by atoms with Crippen LogP contribution < -0.4 is 15.4 Å². The molecule has 0 atom stereocenters. The zero-order valence-electron chi connectivity index (χ0n) is 16.2. The lowest BCUT2D eigenvalue weighted by Gasteiger charge is -2.24. The molecular formula is C20H22BrN3O4S. The summed E-state index contributed by atoms with van der Waals surface area (Å²) in [6.45, 7) is 4.74. The smallest absolute Gasteiger partial charge is 0.399 e. The maximum atomic E-state index is 12.6. The van der Waals surface area contributed by atoms with Gasteiger partial charge in [-0.15, -0.1) is 0 Å². The van der Waals surface area contributed by atoms with Gasteiger partial charge in [-0.2, -0.15) is 0 Å². The number of likely N-dealkylation sites (tertiary alicyclic amines) is 1. The van der Waals surface area contributed by atoms with Crippen molar-refractivity contribution in [3.05, 3.63) is 45.7 Å². The Morgan fingerprint density at radius 3 is 2.31 bits per heavy atom. The number of rotatable bonds is 5. The summed E-state index contributed by atoms with van der Waals surface area (Å²) in [4.78, 5) is 38.9. The Bertz CT molecular complexity index is 905. The van der Waals surface area contributed by atoms with E-state index in [1.807, 2.05) is 4.90 Å². The Morgan fingerprint density at radius 1 is 1.07 bits per heavy atom. The molecular weight excluding hydrogens is 458 g/mol. The van der Waals surface area contributed by atoms with Crippen LogP contribution in [0.3, 0.4) is 0 Å². The lowest BCUT2D eigenvalue weighted by Crippen LogP contribution is -2.53. The zero-order chi connectivity index (χ0) is 21.0. The summed E-state index contributed by atoms with van der Waals surface area (Å²) in [5, 5.41) is 5.73. The minimum absolute atomic E-state index is 0.00494. The fourth-order valence-corrected chi connectivity index (χ4v) is 4.06. The van der Waals surface area contributed by atoms with E-state index in [2.05, 4.69) is 26.6 Å². The Hall–Kier alpha value is -2.39. The Kier molecular flexibility index (Phi) is 6.59. The summed E-state index contributed by atoms with van der Waals surface area (Å²) in [6.07, 6.45) is 1.36. The molecule has 1 aliphatic rings. The van der Waals surface area contributed by atoms with Crippen LogP contribution in [0.15, 0.2) is 40.2 Å². The molecule has 7 nitrogen and oxygen atoms in total. The van der Waals surface area contributed by atoms with E-state index < -0.39 is 17.5 Å². The highest BCUT2D eigenvalue weighted by molar-refractivity contribution is 9.11. The number of hydrogen-bond donors (Lipinski definition) is 2. The number of benzene rings is 1. The third-order valence-electron chi connectivity index (χ3n) is 4.51. The molecule has 0 radical (unpaired) electrons. The molecule has 9 heteroatoms. The predicted molar refractivity (Wildman–Crippen MR) is 115 cm³/mol. The van der Waals surface area contributed by atoms with Crippen molar-refractivity contribution in [3.63, 3.8) is 0 Å². The van der Waals surface area contributed by atoms with Crippen LogP contribution in [0, 0.1) is 0 Å². The van der Waals surface area contributed by atoms with Crippen molar-refractivity contribution in [2.45, 2.75) is 32.2 Å². The molecule has 1 aromatic carbocycles. The lowest BCUT2D eigenvalue weighted by molar-refractivity contribution is -0.121. The molecule has 0 unspecified atom stereocenters. The van der Waals surface area contributed by atoms with Crippen LogP contribution in [0.2, 0.25) is 0 Å². The second-order valence-corrected chi connectivity index (χ2v) is 9.65. The number of anilines is 1. The fourth-order valence-electron chi connectivity index (χ4n) is 2.87. The SMILES string of the molecule is CC(C)(NC(=O)Oc1ccc(Br)s1)C(=O)Nc1ccc(C(=O)N2CCCC2)cc1. The van der Waals surface area contributed by atoms with Crippen LogP contribution in [-0.4, -0.2) is 41.4 Å². The molecule has 2 heterocycles. The van der Waals surface area contributed by atoms with Crippen LogP contribution in [0.1, 0.15) is 37.0 Å². The standard InChI is InChI=1S/C20H22BrN3O4S/c1-20(2,23-19(27)28-16-10-9-15(21)29-16)18(26)22-14-7-5-13(6-8-14)17(25)24-11-3-4-12-24/h5-10H,3-4,11-12H2,1-2H3,(H,22,26)(H,23,27). The van der Waals surface area contributed by atoms with E-state index in [0.717, 1.165) is 29.7 Å². The van der Waals surface area contributed by atoms with Crippen molar-refractivity contribution >= 4 is 50.9 Å². The third kappa shape index (κ3) is 5.57. The second kappa shape index (κ2) is 8.96. The summed E-state index contributed by atoms with van der Waals surface area (Å²) in [6, 6.07) is 10.2. The van der Waals surface area contributed by atoms with E-state index in [4.69, 9.17) is 4.74 Å². The van der Waals surface area contributed by atoms with Crippen molar-refractivity contribution < 1.29 is 19.1 Å². The minimum atomic E-state index is -1.20. The predicted octanol–water partition coefficient (Wildman–Crippen LogP) is 4.25. The molecule has 29 heavy (non-hydrogen) atoms. The highest BCUT2D eigenvalue weighted by Gasteiger charge is 2.30. The highest BCUT2D eigenvalue weighted by Crippen LogP contribution is 2.28. The number of ether oxygens (including phenoxy) is 1. The van der Waals surface area contributed by atoms with Gasteiger partial charge in [-0.3, -0.25) is 9.59 Å². The summed E-state index contributed by atoms with van der Waals surface area (Å²) in [5.41, 5.74) is -0.0679. The fraction of sp³-hybridized carbons (Fsp3) is 0.350. The van der Waals surface area contributed by atoms with E-state index in [1.165, 1.54) is 11.3 Å². The Balaban J connectivity index is 1.56. The number of hydrogen-bond acceptors (Lipinski definition) is 5. The number of thiophene rings is 1. The zero-order valence-corrected chi connectivity index (χ0v) is 18.6. The van der Waals surface area contributed by atoms with Gasteiger partial charge in [-0.1, -0.05) is 11.3 Å². The average molecular weight is 480 g/mol. The summed E-state index contributed by atoms with van der Waals surface area (Å²) < 4.78 is 6.02. The first-order valence-electron chi connectivity index (χ1n) is 9.21. The van der Waals surface area contributed by atoms with E-state index >= 15 is 0 Å². The van der Waals surface area contributed by atoms with Gasteiger partial charge in [0.15, 0.2) is 5.06 Å². The van der Waals surface area contributed by atoms with Gasteiger partial charge >= 0.3 is 6.09 Å². The average Bonchev–Trinajstić information content (AvgIpc) is 3.33. The monoisotopic (exact) mass is 479 g/mol. The second-order valence-electron chi connectivity index (χ2n) is 7.23. The van der Waals surface area contributed by atoms with Crippen molar-refractivity contribution in [1.82, 2.24) is 10.2 Å². The van der Waals surface area contributed by atoms with Gasteiger partial charge in [-0.25, -0.2) is 4.79 Å². The molecule has 1 aliphatic heterocycles. The van der Waals surface area contributed by atoms with Crippen molar-refractivity contribution in [3.8, 4) is 5.06 Å². The molecule has 2 aromatic rings. The maximum Gasteiger partial charge on any atom is 0.414 e. The summed E-state index contributed by atoms with van der Waals surface area (Å²) in [5.74, 6) is -0.397. The van der Waals surface area contributed by atoms with Gasteiger partial charge in [0.1, 0.15) is 5.54 Å². The van der Waals surface area contributed by atoms with Gasteiger partial charge in [0.2, 0.25) is 5.91 Å². The number of amides is 3. The first-order valence-corrected chi connectivity index (χ1v) is 10.8. The molecule has 0 aliphatic carbocycles. The van der Waals surface area contributed by atoms with Crippen LogP contribution >= 0.6 is 27.3 Å². The normalized spacial score (nSPS) is 13.8. The molecule has 0 spiro atoms. The molecule has 154 valence electrons. The van der Waals surface area contributed by atoms with Crippen LogP contribution in [0.25, 0.3) is 0 Å². The van der Waals surface area contributed by atoms with Crippen molar-refractivity contribution in [1.29, 1.82) is 0 Å². The van der Waals surface area contributed by atoms with Crippen molar-refractivity contribution in [2.75, 3.05) is 18.4 Å². The molecule has 0 saturated carbocycles. The Morgan fingerprint density at radius 2 is 1.72 bits per heavy atom. The lowest BCUT2D eigenvalue weighted by atomic mass is 10.0. The molecule has 3 rings (SSSR count). The molecule has 0 bridgehead atoms. The number of nitrogens with zero attached hydrogens (tertiary/aromatic N) is 1. The first kappa shape index (κ1) is 21.3.